The van der Waals surface area contributed by atoms with E-state index in [1.54, 1.807) is 0 Å². The molecule has 2 aliphatic heterocycles. The number of aliphatic hydroxyl groups is 1. The second-order valence-electron chi connectivity index (χ2n) is 5.55. The highest BCUT2D eigenvalue weighted by Gasteiger charge is 2.34. The van der Waals surface area contributed by atoms with Gasteiger partial charge >= 0.3 is 0 Å². The summed E-state index contributed by atoms with van der Waals surface area (Å²) in [6, 6.07) is 3.36. The van der Waals surface area contributed by atoms with Gasteiger partial charge in [0, 0.05) is 12.1 Å². The molecule has 2 aliphatic rings. The Morgan fingerprint density at radius 3 is 2.95 bits per heavy atom. The van der Waals surface area contributed by atoms with Gasteiger partial charge in [-0.1, -0.05) is 0 Å². The summed E-state index contributed by atoms with van der Waals surface area (Å²) in [5.74, 6) is 0.260. The van der Waals surface area contributed by atoms with Gasteiger partial charge in [0.25, 0.3) is 10.0 Å². The van der Waals surface area contributed by atoms with Gasteiger partial charge in [-0.25, -0.2) is 13.1 Å². The molecule has 20 heavy (non-hydrogen) atoms. The minimum absolute atomic E-state index is 0.0259. The number of hydrogen-bond donors (Lipinski definition) is 2. The fourth-order valence-electron chi connectivity index (χ4n) is 3.20. The molecule has 0 spiro atoms. The number of sulfonamides is 1. The van der Waals surface area contributed by atoms with Crippen molar-refractivity contribution in [2.24, 2.45) is 0 Å². The Morgan fingerprint density at radius 2 is 2.20 bits per heavy atom. The molecule has 0 aromatic carbocycles. The molecule has 2 unspecified atom stereocenters. The molecule has 0 saturated carbocycles. The van der Waals surface area contributed by atoms with Crippen molar-refractivity contribution in [3.8, 4) is 0 Å². The third kappa shape index (κ3) is 2.76. The average molecular weight is 300 g/mol. The summed E-state index contributed by atoms with van der Waals surface area (Å²) in [6.45, 7) is 1.80. The number of rotatable bonds is 4. The Balaban J connectivity index is 1.67. The topological polar surface area (TPSA) is 82.8 Å². The maximum absolute atomic E-state index is 12.2. The number of fused-ring (bicyclic) bond motifs is 1. The van der Waals surface area contributed by atoms with E-state index in [2.05, 4.69) is 9.62 Å². The standard InChI is InChI=1S/C13H20N2O4S/c16-9-12-3-4-13(19-12)20(17,18)14-10-5-7-15-6-1-2-11(15)8-10/h3-4,10-11,14,16H,1-2,5-9H2. The summed E-state index contributed by atoms with van der Waals surface area (Å²) in [6.07, 6.45) is 4.08. The lowest BCUT2D eigenvalue weighted by atomic mass is 9.99. The second-order valence-corrected chi connectivity index (χ2v) is 7.20. The molecule has 0 radical (unpaired) electrons. The van der Waals surface area contributed by atoms with E-state index in [9.17, 15) is 8.42 Å². The van der Waals surface area contributed by atoms with Gasteiger partial charge in [-0.3, -0.25) is 0 Å². The van der Waals surface area contributed by atoms with Crippen molar-refractivity contribution in [2.45, 2.75) is 49.5 Å². The third-order valence-electron chi connectivity index (χ3n) is 4.20. The molecule has 0 bridgehead atoms. The first-order valence-electron chi connectivity index (χ1n) is 7.04. The van der Waals surface area contributed by atoms with E-state index in [1.165, 1.54) is 18.6 Å². The van der Waals surface area contributed by atoms with Crippen LogP contribution < -0.4 is 4.72 Å². The Labute approximate surface area is 118 Å². The van der Waals surface area contributed by atoms with E-state index in [0.29, 0.717) is 6.04 Å². The van der Waals surface area contributed by atoms with Crippen LogP contribution in [-0.2, 0) is 16.6 Å². The number of piperidine rings is 1. The lowest BCUT2D eigenvalue weighted by molar-refractivity contribution is 0.176. The van der Waals surface area contributed by atoms with Crippen LogP contribution in [0.25, 0.3) is 0 Å². The highest BCUT2D eigenvalue weighted by atomic mass is 32.2. The van der Waals surface area contributed by atoms with Gasteiger partial charge in [-0.2, -0.15) is 0 Å². The van der Waals surface area contributed by atoms with Gasteiger partial charge in [-0.05, 0) is 50.9 Å². The summed E-state index contributed by atoms with van der Waals surface area (Å²) in [5, 5.41) is 8.81. The molecule has 3 rings (SSSR count). The molecular formula is C13H20N2O4S. The van der Waals surface area contributed by atoms with E-state index in [0.717, 1.165) is 32.4 Å². The quantitative estimate of drug-likeness (QED) is 0.854. The van der Waals surface area contributed by atoms with E-state index < -0.39 is 10.0 Å². The SMILES string of the molecule is O=S(=O)(NC1CCN2CCCC2C1)c1ccc(CO)o1. The Hall–Kier alpha value is -0.890. The number of aliphatic hydroxyl groups excluding tert-OH is 1. The maximum atomic E-state index is 12.2. The molecule has 0 amide bonds. The minimum Gasteiger partial charge on any atom is -0.446 e. The smallest absolute Gasteiger partial charge is 0.274 e. The Kier molecular flexibility index (Phi) is 3.85. The van der Waals surface area contributed by atoms with Gasteiger partial charge in [0.2, 0.25) is 5.09 Å². The Bertz CT molecular complexity index is 569. The molecule has 7 heteroatoms. The van der Waals surface area contributed by atoms with Crippen molar-refractivity contribution in [1.82, 2.24) is 9.62 Å². The minimum atomic E-state index is -3.62. The highest BCUT2D eigenvalue weighted by molar-refractivity contribution is 7.89. The fourth-order valence-corrected chi connectivity index (χ4v) is 4.43. The summed E-state index contributed by atoms with van der Waals surface area (Å²) in [5.41, 5.74) is 0. The van der Waals surface area contributed by atoms with Crippen molar-refractivity contribution >= 4 is 10.0 Å². The zero-order chi connectivity index (χ0) is 14.2. The van der Waals surface area contributed by atoms with Crippen molar-refractivity contribution in [2.75, 3.05) is 13.1 Å². The van der Waals surface area contributed by atoms with Crippen LogP contribution in [0, 0.1) is 0 Å². The molecule has 3 heterocycles. The third-order valence-corrected chi connectivity index (χ3v) is 5.59. The van der Waals surface area contributed by atoms with Crippen LogP contribution in [0.4, 0.5) is 0 Å². The summed E-state index contributed by atoms with van der Waals surface area (Å²) < 4.78 is 32.3. The van der Waals surface area contributed by atoms with Crippen molar-refractivity contribution < 1.29 is 17.9 Å². The number of nitrogens with zero attached hydrogens (tertiary/aromatic N) is 1. The summed E-state index contributed by atoms with van der Waals surface area (Å²) in [7, 11) is -3.62. The van der Waals surface area contributed by atoms with Crippen LogP contribution in [0.1, 0.15) is 31.4 Å². The van der Waals surface area contributed by atoms with Gasteiger partial charge in [0.1, 0.15) is 12.4 Å². The predicted octanol–water partition coefficient (Wildman–Crippen LogP) is 0.677. The second kappa shape index (κ2) is 5.48. The molecule has 0 aliphatic carbocycles. The van der Waals surface area contributed by atoms with Gasteiger partial charge < -0.3 is 14.4 Å². The van der Waals surface area contributed by atoms with E-state index in [1.807, 2.05) is 0 Å². The number of hydrogen-bond acceptors (Lipinski definition) is 5. The van der Waals surface area contributed by atoms with E-state index >= 15 is 0 Å². The zero-order valence-electron chi connectivity index (χ0n) is 11.3. The van der Waals surface area contributed by atoms with Gasteiger partial charge in [0.15, 0.2) is 0 Å². The summed E-state index contributed by atoms with van der Waals surface area (Å²) in [4.78, 5) is 2.45. The lowest BCUT2D eigenvalue weighted by Gasteiger charge is -2.34. The number of nitrogens with one attached hydrogen (secondary N) is 1. The van der Waals surface area contributed by atoms with Crippen LogP contribution in [0.2, 0.25) is 0 Å². The molecule has 2 fully saturated rings. The predicted molar refractivity (Wildman–Crippen MR) is 72.6 cm³/mol. The van der Waals surface area contributed by atoms with E-state index in [-0.39, 0.29) is 23.5 Å². The van der Waals surface area contributed by atoms with Crippen molar-refractivity contribution in [3.63, 3.8) is 0 Å². The summed E-state index contributed by atoms with van der Waals surface area (Å²) >= 11 is 0. The monoisotopic (exact) mass is 300 g/mol. The lowest BCUT2D eigenvalue weighted by Crippen LogP contribution is -2.47. The first kappa shape index (κ1) is 14.1. The van der Waals surface area contributed by atoms with Crippen molar-refractivity contribution in [1.29, 1.82) is 0 Å². The first-order valence-corrected chi connectivity index (χ1v) is 8.53. The van der Waals surface area contributed by atoms with E-state index in [4.69, 9.17) is 9.52 Å². The number of furan rings is 1. The van der Waals surface area contributed by atoms with Crippen LogP contribution in [0.3, 0.4) is 0 Å². The molecular weight excluding hydrogens is 280 g/mol. The fraction of sp³-hybridized carbons (Fsp3) is 0.692. The zero-order valence-corrected chi connectivity index (χ0v) is 12.1. The first-order chi connectivity index (χ1) is 9.58. The molecule has 1 aromatic rings. The average Bonchev–Trinajstić information content (AvgIpc) is 3.06. The molecule has 2 saturated heterocycles. The van der Waals surface area contributed by atoms with Gasteiger partial charge in [-0.15, -0.1) is 0 Å². The van der Waals surface area contributed by atoms with Crippen molar-refractivity contribution in [3.05, 3.63) is 17.9 Å². The van der Waals surface area contributed by atoms with Crippen LogP contribution >= 0.6 is 0 Å². The normalized spacial score (nSPS) is 27.6. The molecule has 2 atom stereocenters. The largest absolute Gasteiger partial charge is 0.446 e. The molecule has 6 nitrogen and oxygen atoms in total. The molecule has 112 valence electrons. The Morgan fingerprint density at radius 1 is 1.35 bits per heavy atom. The van der Waals surface area contributed by atoms with Crippen LogP contribution in [0.5, 0.6) is 0 Å². The molecule has 2 N–H and O–H groups in total. The van der Waals surface area contributed by atoms with Crippen LogP contribution in [-0.4, -0.2) is 43.6 Å². The molecule has 1 aromatic heterocycles. The van der Waals surface area contributed by atoms with Gasteiger partial charge in [0.05, 0.1) is 0 Å². The maximum Gasteiger partial charge on any atom is 0.274 e. The highest BCUT2D eigenvalue weighted by Crippen LogP contribution is 2.27. The van der Waals surface area contributed by atoms with Crippen LogP contribution in [0.15, 0.2) is 21.6 Å².